The molecule has 0 radical (unpaired) electrons. The van der Waals surface area contributed by atoms with Gasteiger partial charge in [0.05, 0.1) is 6.04 Å². The smallest absolute Gasteiger partial charge is 0.270 e. The lowest BCUT2D eigenvalue weighted by Crippen LogP contribution is -2.36. The number of aromatic nitrogens is 2. The van der Waals surface area contributed by atoms with Crippen molar-refractivity contribution in [2.24, 2.45) is 0 Å². The fourth-order valence-electron chi connectivity index (χ4n) is 1.66. The first-order valence-corrected chi connectivity index (χ1v) is 9.54. The highest BCUT2D eigenvalue weighted by atomic mass is 32.2. The maximum absolute atomic E-state index is 12.3. The third-order valence-electron chi connectivity index (χ3n) is 2.80. The summed E-state index contributed by atoms with van der Waals surface area (Å²) >= 11 is 0.795. The van der Waals surface area contributed by atoms with Crippen LogP contribution in [-0.4, -0.2) is 37.2 Å². The number of nitrogens with one attached hydrogen (secondary N) is 2. The molecule has 0 bridgehead atoms. The Morgan fingerprint density at radius 3 is 2.67 bits per heavy atom. The second kappa shape index (κ2) is 8.18. The number of carbonyl (C=O) groups is 1. The third-order valence-corrected chi connectivity index (χ3v) is 5.60. The molecule has 130 valence electrons. The Kier molecular flexibility index (Phi) is 6.23. The van der Waals surface area contributed by atoms with Crippen LogP contribution in [0.5, 0.6) is 5.75 Å². The molecule has 1 aromatic heterocycles. The Labute approximate surface area is 144 Å². The Morgan fingerprint density at radius 2 is 2.00 bits per heavy atom. The number of nitrogens with zero attached hydrogens (tertiary/aromatic N) is 2. The minimum atomic E-state index is -3.82. The van der Waals surface area contributed by atoms with Crippen LogP contribution in [0, 0.1) is 0 Å². The van der Waals surface area contributed by atoms with E-state index in [1.807, 2.05) is 18.2 Å². The van der Waals surface area contributed by atoms with E-state index in [1.165, 1.54) is 0 Å². The molecule has 1 aromatic carbocycles. The van der Waals surface area contributed by atoms with Gasteiger partial charge in [-0.2, -0.15) is 0 Å². The van der Waals surface area contributed by atoms with Gasteiger partial charge < -0.3 is 10.1 Å². The summed E-state index contributed by atoms with van der Waals surface area (Å²) in [5.41, 5.74) is 0. The van der Waals surface area contributed by atoms with Gasteiger partial charge in [0.15, 0.2) is 0 Å². The number of anilines is 1. The van der Waals surface area contributed by atoms with Crippen LogP contribution in [0.1, 0.15) is 20.3 Å². The van der Waals surface area contributed by atoms with E-state index >= 15 is 0 Å². The molecule has 0 spiro atoms. The van der Waals surface area contributed by atoms with Crippen LogP contribution in [0.4, 0.5) is 5.13 Å². The Balaban J connectivity index is 1.93. The summed E-state index contributed by atoms with van der Waals surface area (Å²) in [7, 11) is -3.82. The fourth-order valence-corrected chi connectivity index (χ4v) is 3.82. The van der Waals surface area contributed by atoms with Gasteiger partial charge in [-0.25, -0.2) is 13.1 Å². The number of amides is 1. The summed E-state index contributed by atoms with van der Waals surface area (Å²) in [4.78, 5) is 11.3. The van der Waals surface area contributed by atoms with Crippen molar-refractivity contribution in [2.45, 2.75) is 30.6 Å². The van der Waals surface area contributed by atoms with E-state index < -0.39 is 16.1 Å². The van der Waals surface area contributed by atoms with Crippen LogP contribution in [-0.2, 0) is 14.8 Å². The molecule has 8 nitrogen and oxygen atoms in total. The number of carbonyl (C=O) groups excluding carboxylic acids is 1. The molecule has 1 atom stereocenters. The molecule has 0 aliphatic rings. The van der Waals surface area contributed by atoms with Gasteiger partial charge in [0.25, 0.3) is 10.0 Å². The second-order valence-corrected chi connectivity index (χ2v) is 7.79. The van der Waals surface area contributed by atoms with Gasteiger partial charge in [0, 0.05) is 6.42 Å². The van der Waals surface area contributed by atoms with Crippen LogP contribution in [0.15, 0.2) is 34.7 Å². The van der Waals surface area contributed by atoms with E-state index in [-0.39, 0.29) is 28.4 Å². The van der Waals surface area contributed by atoms with Crippen LogP contribution in [0.2, 0.25) is 0 Å². The van der Waals surface area contributed by atoms with Crippen LogP contribution >= 0.6 is 11.3 Å². The molecule has 2 aromatic rings. The third kappa shape index (κ3) is 5.25. The largest absolute Gasteiger partial charge is 0.492 e. The zero-order chi connectivity index (χ0) is 17.6. The molecule has 2 N–H and O–H groups in total. The second-order valence-electron chi connectivity index (χ2n) is 4.92. The predicted octanol–water partition coefficient (Wildman–Crippen LogP) is 1.63. The number of hydrogen-bond donors (Lipinski definition) is 2. The van der Waals surface area contributed by atoms with E-state index in [0.717, 1.165) is 11.3 Å². The highest BCUT2D eigenvalue weighted by Crippen LogP contribution is 2.20. The quantitative estimate of drug-likeness (QED) is 0.684. The molecule has 0 unspecified atom stereocenters. The molecular weight excluding hydrogens is 352 g/mol. The number of sulfonamides is 1. The van der Waals surface area contributed by atoms with E-state index in [0.29, 0.717) is 5.75 Å². The first-order valence-electron chi connectivity index (χ1n) is 7.24. The lowest BCUT2D eigenvalue weighted by atomic mass is 10.3. The first-order chi connectivity index (χ1) is 11.4. The summed E-state index contributed by atoms with van der Waals surface area (Å²) in [5, 5.41) is 9.89. The van der Waals surface area contributed by atoms with Crippen molar-refractivity contribution in [1.29, 1.82) is 0 Å². The minimum Gasteiger partial charge on any atom is -0.492 e. The van der Waals surface area contributed by atoms with Gasteiger partial charge in [-0.1, -0.05) is 36.5 Å². The Morgan fingerprint density at radius 1 is 1.29 bits per heavy atom. The number of rotatable bonds is 8. The van der Waals surface area contributed by atoms with Crippen molar-refractivity contribution >= 4 is 32.4 Å². The van der Waals surface area contributed by atoms with E-state index in [1.54, 1.807) is 26.0 Å². The molecule has 0 saturated carbocycles. The molecule has 0 fully saturated rings. The van der Waals surface area contributed by atoms with E-state index in [9.17, 15) is 13.2 Å². The van der Waals surface area contributed by atoms with E-state index in [2.05, 4.69) is 20.2 Å². The fraction of sp³-hybridized carbons (Fsp3) is 0.357. The lowest BCUT2D eigenvalue weighted by Gasteiger charge is -2.13. The molecule has 2 rings (SSSR count). The van der Waals surface area contributed by atoms with Crippen molar-refractivity contribution < 1.29 is 17.9 Å². The number of ether oxygens (including phenoxy) is 1. The predicted molar refractivity (Wildman–Crippen MR) is 90.6 cm³/mol. The summed E-state index contributed by atoms with van der Waals surface area (Å²) in [6, 6.07) is 8.63. The van der Waals surface area contributed by atoms with Gasteiger partial charge >= 0.3 is 0 Å². The number of para-hydroxylation sites is 1. The van der Waals surface area contributed by atoms with Gasteiger partial charge in [0.2, 0.25) is 15.4 Å². The molecule has 0 aliphatic carbocycles. The SMILES string of the molecule is CCC(=O)Nc1nnc(S(=O)(=O)N[C@H](C)COc2ccccc2)s1. The van der Waals surface area contributed by atoms with E-state index in [4.69, 9.17) is 4.74 Å². The van der Waals surface area contributed by atoms with Crippen molar-refractivity contribution in [3.05, 3.63) is 30.3 Å². The molecule has 1 amide bonds. The molecular formula is C14H18N4O4S2. The van der Waals surface area contributed by atoms with Crippen LogP contribution < -0.4 is 14.8 Å². The van der Waals surface area contributed by atoms with Crippen molar-refractivity contribution in [2.75, 3.05) is 11.9 Å². The average molecular weight is 370 g/mol. The van der Waals surface area contributed by atoms with Gasteiger partial charge in [-0.15, -0.1) is 10.2 Å². The standard InChI is InChI=1S/C14H18N4O4S2/c1-3-12(19)15-13-16-17-14(23-13)24(20,21)18-10(2)9-22-11-7-5-4-6-8-11/h4-8,10,18H,3,9H2,1-2H3,(H,15,16,19)/t10-/m1/s1. The van der Waals surface area contributed by atoms with Crippen molar-refractivity contribution in [1.82, 2.24) is 14.9 Å². The highest BCUT2D eigenvalue weighted by Gasteiger charge is 2.23. The normalized spacial score (nSPS) is 12.6. The average Bonchev–Trinajstić information content (AvgIpc) is 3.03. The molecule has 0 aliphatic heterocycles. The maximum Gasteiger partial charge on any atom is 0.270 e. The molecule has 10 heteroatoms. The summed E-state index contributed by atoms with van der Waals surface area (Å²) < 4.78 is 32.3. The minimum absolute atomic E-state index is 0.149. The summed E-state index contributed by atoms with van der Waals surface area (Å²) in [6.07, 6.45) is 0.272. The zero-order valence-corrected chi connectivity index (χ0v) is 14.9. The first kappa shape index (κ1) is 18.3. The highest BCUT2D eigenvalue weighted by molar-refractivity contribution is 7.91. The Bertz CT molecular complexity index is 777. The molecule has 1 heterocycles. The zero-order valence-electron chi connectivity index (χ0n) is 13.2. The molecule has 24 heavy (non-hydrogen) atoms. The van der Waals surface area contributed by atoms with Crippen LogP contribution in [0.25, 0.3) is 0 Å². The monoisotopic (exact) mass is 370 g/mol. The summed E-state index contributed by atoms with van der Waals surface area (Å²) in [5.74, 6) is 0.400. The topological polar surface area (TPSA) is 110 Å². The number of hydrogen-bond acceptors (Lipinski definition) is 7. The number of benzene rings is 1. The van der Waals surface area contributed by atoms with Crippen molar-refractivity contribution in [3.8, 4) is 5.75 Å². The van der Waals surface area contributed by atoms with Gasteiger partial charge in [-0.3, -0.25) is 4.79 Å². The van der Waals surface area contributed by atoms with Gasteiger partial charge in [0.1, 0.15) is 12.4 Å². The Hall–Kier alpha value is -2.04. The maximum atomic E-state index is 12.3. The van der Waals surface area contributed by atoms with Crippen molar-refractivity contribution in [3.63, 3.8) is 0 Å². The van der Waals surface area contributed by atoms with Gasteiger partial charge in [-0.05, 0) is 19.1 Å². The van der Waals surface area contributed by atoms with Crippen LogP contribution in [0.3, 0.4) is 0 Å². The molecule has 0 saturated heterocycles. The summed E-state index contributed by atoms with van der Waals surface area (Å²) in [6.45, 7) is 3.53. The lowest BCUT2D eigenvalue weighted by molar-refractivity contribution is -0.115.